The van der Waals surface area contributed by atoms with E-state index in [0.717, 1.165) is 8.15 Å². The van der Waals surface area contributed by atoms with Gasteiger partial charge in [0.05, 0.1) is 0 Å². The van der Waals surface area contributed by atoms with Crippen molar-refractivity contribution >= 4 is 32.9 Å². The maximum Gasteiger partial charge on any atom is 0.174 e. The minimum Gasteiger partial charge on any atom is -0.172 e. The molecule has 0 saturated carbocycles. The molecule has 4 heavy (non-hydrogen) atoms. The van der Waals surface area contributed by atoms with Crippen LogP contribution >= 0.6 is 26.2 Å². The van der Waals surface area contributed by atoms with E-state index in [2.05, 4.69) is 18.0 Å². The molecule has 1 radical (unpaired) electrons. The molecule has 3 atom stereocenters. The summed E-state index contributed by atoms with van der Waals surface area (Å²) in [4.78, 5) is 0. The average Bonchev–Trinajstić information content (AvgIpc) is 1.37. The van der Waals surface area contributed by atoms with Crippen molar-refractivity contribution in [3.8, 4) is 0 Å². The molecule has 0 nitrogen and oxygen atoms in total. The van der Waals surface area contributed by atoms with Gasteiger partial charge in [0, 0.05) is 0 Å². The van der Waals surface area contributed by atoms with Crippen molar-refractivity contribution in [2.45, 2.75) is 0 Å². The smallest absolute Gasteiger partial charge is 0.172 e. The van der Waals surface area contributed by atoms with E-state index in [0.29, 0.717) is 0 Å². The van der Waals surface area contributed by atoms with Crippen LogP contribution in [0.2, 0.25) is 0 Å². The molecule has 0 fully saturated rings. The van der Waals surface area contributed by atoms with Crippen LogP contribution in [0.25, 0.3) is 0 Å². The van der Waals surface area contributed by atoms with Crippen LogP contribution in [-0.4, -0.2) is 6.72 Å². The molecule has 0 aliphatic rings. The molecule has 0 aliphatic carbocycles. The fourth-order valence-corrected chi connectivity index (χ4v) is 0. The molecule has 0 saturated heterocycles. The second-order valence-electron chi connectivity index (χ2n) is 0.333. The molecule has 0 bridgehead atoms. The Morgan fingerprint density at radius 2 is 2.00 bits per heavy atom. The summed E-state index contributed by atoms with van der Waals surface area (Å²) in [7, 11) is 6.02. The summed E-state index contributed by atoms with van der Waals surface area (Å²) < 4.78 is 0. The third kappa shape index (κ3) is 3.35. The standard InChI is InChI=1S/BH5P3/c2-1-4-3/h4H,2-3H2. The molecule has 0 amide bonds. The van der Waals surface area contributed by atoms with Gasteiger partial charge in [0.2, 0.25) is 0 Å². The maximum atomic E-state index is 2.61. The summed E-state index contributed by atoms with van der Waals surface area (Å²) in [6.07, 6.45) is 0. The van der Waals surface area contributed by atoms with E-state index in [-0.39, 0.29) is 0 Å². The Hall–Kier alpha value is 1.35. The summed E-state index contributed by atoms with van der Waals surface area (Å²) in [6, 6.07) is 0. The van der Waals surface area contributed by atoms with Gasteiger partial charge in [0.25, 0.3) is 0 Å². The number of rotatable bonds is 1. The molecular formula is H5BP3. The quantitative estimate of drug-likeness (QED) is 0.346. The van der Waals surface area contributed by atoms with Gasteiger partial charge in [-0.1, -0.05) is 0 Å². The Kier molecular flexibility index (Phi) is 5.83. The van der Waals surface area contributed by atoms with Crippen LogP contribution in [0.1, 0.15) is 0 Å². The first-order chi connectivity index (χ1) is 1.91. The highest BCUT2D eigenvalue weighted by atomic mass is 32.0. The SMILES string of the molecule is P[B]PP. The summed E-state index contributed by atoms with van der Waals surface area (Å²) >= 11 is 0. The average molecular weight is 109 g/mol. The zero-order valence-corrected chi connectivity index (χ0v) is 5.54. The van der Waals surface area contributed by atoms with Crippen LogP contribution in [-0.2, 0) is 0 Å². The van der Waals surface area contributed by atoms with Crippen LogP contribution < -0.4 is 0 Å². The Morgan fingerprint density at radius 3 is 2.00 bits per heavy atom. The summed E-state index contributed by atoms with van der Waals surface area (Å²) in [5, 5.41) is 0. The Balaban J connectivity index is 1.97. The van der Waals surface area contributed by atoms with Crippen molar-refractivity contribution in [2.75, 3.05) is 0 Å². The van der Waals surface area contributed by atoms with E-state index < -0.39 is 0 Å². The van der Waals surface area contributed by atoms with E-state index in [9.17, 15) is 0 Å². The number of hydrogen-bond acceptors (Lipinski definition) is 0. The third-order valence-corrected chi connectivity index (χ3v) is 2.60. The summed E-state index contributed by atoms with van der Waals surface area (Å²) in [5.74, 6) is 0. The molecule has 3 unspecified atom stereocenters. The van der Waals surface area contributed by atoms with Gasteiger partial charge in [0.1, 0.15) is 0 Å². The predicted molar refractivity (Wildman–Crippen MR) is 33.5 cm³/mol. The highest BCUT2D eigenvalue weighted by Crippen LogP contribution is 2.18. The monoisotopic (exact) mass is 109 g/mol. The maximum absolute atomic E-state index is 2.61. The van der Waals surface area contributed by atoms with E-state index in [1.807, 2.05) is 6.72 Å². The van der Waals surface area contributed by atoms with Crippen LogP contribution in [0.3, 0.4) is 0 Å². The van der Waals surface area contributed by atoms with Crippen LogP contribution in [0.5, 0.6) is 0 Å². The highest BCUT2D eigenvalue weighted by Gasteiger charge is 1.60. The summed E-state index contributed by atoms with van der Waals surface area (Å²) in [5.41, 5.74) is 0. The molecule has 4 heteroatoms. The van der Waals surface area contributed by atoms with E-state index in [4.69, 9.17) is 0 Å². The van der Waals surface area contributed by atoms with Gasteiger partial charge in [-0.3, -0.25) is 0 Å². The second kappa shape index (κ2) is 4.35. The molecule has 0 N–H and O–H groups in total. The van der Waals surface area contributed by atoms with Crippen molar-refractivity contribution in [3.05, 3.63) is 0 Å². The molecule has 0 aromatic heterocycles. The fourth-order valence-electron chi connectivity index (χ4n) is 0. The molecule has 23 valence electrons. The largest absolute Gasteiger partial charge is 0.174 e. The Bertz CT molecular complexity index is 5.25. The lowest BCUT2D eigenvalue weighted by atomic mass is 10.7. The van der Waals surface area contributed by atoms with Crippen LogP contribution in [0.15, 0.2) is 0 Å². The topological polar surface area (TPSA) is 0 Å². The fraction of sp³-hybridized carbons (Fsp3) is 0. The van der Waals surface area contributed by atoms with E-state index >= 15 is 0 Å². The van der Waals surface area contributed by atoms with Gasteiger partial charge in [0.15, 0.2) is 6.72 Å². The lowest BCUT2D eigenvalue weighted by Crippen LogP contribution is -1.38. The van der Waals surface area contributed by atoms with Gasteiger partial charge < -0.3 is 0 Å². The van der Waals surface area contributed by atoms with Crippen molar-refractivity contribution in [1.29, 1.82) is 0 Å². The minimum atomic E-state index is 0.895. The summed E-state index contributed by atoms with van der Waals surface area (Å²) in [6.45, 7) is 2.03. The molecule has 0 aromatic rings. The van der Waals surface area contributed by atoms with Gasteiger partial charge in [-0.25, -0.2) is 0 Å². The van der Waals surface area contributed by atoms with Gasteiger partial charge in [-0.15, -0.1) is 17.1 Å². The lowest BCUT2D eigenvalue weighted by Gasteiger charge is -1.66. The molecule has 0 spiro atoms. The first-order valence-electron chi connectivity index (χ1n) is 0.911. The van der Waals surface area contributed by atoms with Gasteiger partial charge in [-0.05, 0) is 0 Å². The van der Waals surface area contributed by atoms with Crippen molar-refractivity contribution in [3.63, 3.8) is 0 Å². The lowest BCUT2D eigenvalue weighted by molar-refractivity contribution is 4.72. The van der Waals surface area contributed by atoms with Gasteiger partial charge >= 0.3 is 0 Å². The molecule has 0 aliphatic heterocycles. The molecule has 0 aromatic carbocycles. The first-order valence-corrected chi connectivity index (χ1v) is 4.46. The third-order valence-electron chi connectivity index (χ3n) is 0.0962. The normalized spacial score (nSPS) is 9.50. The zero-order chi connectivity index (χ0) is 3.41. The van der Waals surface area contributed by atoms with Crippen LogP contribution in [0.4, 0.5) is 0 Å². The molecular weight excluding hydrogens is 104 g/mol. The second-order valence-corrected chi connectivity index (χ2v) is 3.00. The predicted octanol–water partition coefficient (Wildman–Crippen LogP) is 0.864. The van der Waals surface area contributed by atoms with Crippen LogP contribution in [0, 0.1) is 0 Å². The number of hydrogen-bond donors (Lipinski definition) is 0. The highest BCUT2D eigenvalue weighted by molar-refractivity contribution is 8.25. The molecule has 0 rings (SSSR count). The minimum absolute atomic E-state index is 0.895. The zero-order valence-electron chi connectivity index (χ0n) is 2.23. The van der Waals surface area contributed by atoms with Crippen molar-refractivity contribution < 1.29 is 0 Å². The van der Waals surface area contributed by atoms with Crippen molar-refractivity contribution in [1.82, 2.24) is 0 Å². The van der Waals surface area contributed by atoms with Crippen molar-refractivity contribution in [2.24, 2.45) is 0 Å². The Labute approximate surface area is 33.7 Å². The first kappa shape index (κ1) is 5.35. The van der Waals surface area contributed by atoms with Gasteiger partial charge in [-0.2, -0.15) is 9.12 Å². The Morgan fingerprint density at radius 1 is 1.75 bits per heavy atom. The van der Waals surface area contributed by atoms with E-state index in [1.165, 1.54) is 0 Å². The van der Waals surface area contributed by atoms with E-state index in [1.54, 1.807) is 0 Å². The molecule has 0 heterocycles.